The summed E-state index contributed by atoms with van der Waals surface area (Å²) in [4.78, 5) is 0. The maximum Gasteiger partial charge on any atom is 0.494 e. The van der Waals surface area contributed by atoms with Gasteiger partial charge in [0.25, 0.3) is 0 Å². The van der Waals surface area contributed by atoms with E-state index in [0.29, 0.717) is 0 Å². The summed E-state index contributed by atoms with van der Waals surface area (Å²) < 4.78 is 12.2. The molecule has 0 atom stereocenters. The van der Waals surface area contributed by atoms with Crippen LogP contribution in [0.1, 0.15) is 50.8 Å². The van der Waals surface area contributed by atoms with Crippen LogP contribution in [0.15, 0.2) is 12.1 Å². The molecule has 1 heterocycles. The SMILES string of the molecule is CC1(C)OB(c2cc(CO)c3c(c2)CCC3)OC1(C)C. The van der Waals surface area contributed by atoms with E-state index in [4.69, 9.17) is 9.31 Å². The van der Waals surface area contributed by atoms with E-state index in [1.54, 1.807) is 0 Å². The molecule has 20 heavy (non-hydrogen) atoms. The Kier molecular flexibility index (Phi) is 3.24. The fraction of sp³-hybridized carbons (Fsp3) is 0.625. The van der Waals surface area contributed by atoms with Crippen molar-refractivity contribution in [3.8, 4) is 0 Å². The highest BCUT2D eigenvalue weighted by Gasteiger charge is 2.51. The van der Waals surface area contributed by atoms with Crippen molar-refractivity contribution in [2.75, 3.05) is 0 Å². The van der Waals surface area contributed by atoms with Crippen molar-refractivity contribution in [3.05, 3.63) is 28.8 Å². The molecule has 2 aliphatic rings. The molecule has 1 fully saturated rings. The monoisotopic (exact) mass is 274 g/mol. The van der Waals surface area contributed by atoms with Crippen LogP contribution >= 0.6 is 0 Å². The van der Waals surface area contributed by atoms with Crippen LogP contribution in [0.2, 0.25) is 0 Å². The fourth-order valence-electron chi connectivity index (χ4n) is 3.08. The predicted octanol–water partition coefficient (Wildman–Crippen LogP) is 1.97. The Morgan fingerprint density at radius 1 is 1.10 bits per heavy atom. The Morgan fingerprint density at radius 3 is 2.35 bits per heavy atom. The minimum atomic E-state index is -0.337. The van der Waals surface area contributed by atoms with Gasteiger partial charge in [-0.1, -0.05) is 12.1 Å². The third-order valence-electron chi connectivity index (χ3n) is 5.03. The number of hydrogen-bond acceptors (Lipinski definition) is 3. The predicted molar refractivity (Wildman–Crippen MR) is 80.1 cm³/mol. The lowest BCUT2D eigenvalue weighted by Gasteiger charge is -2.32. The van der Waals surface area contributed by atoms with E-state index in [-0.39, 0.29) is 24.9 Å². The Balaban J connectivity index is 1.97. The molecule has 0 aromatic heterocycles. The van der Waals surface area contributed by atoms with Crippen LogP contribution < -0.4 is 5.46 Å². The fourth-order valence-corrected chi connectivity index (χ4v) is 3.08. The first-order valence-corrected chi connectivity index (χ1v) is 7.45. The van der Waals surface area contributed by atoms with Crippen LogP contribution in [-0.2, 0) is 28.8 Å². The summed E-state index contributed by atoms with van der Waals surface area (Å²) in [6.45, 7) is 8.34. The smallest absolute Gasteiger partial charge is 0.399 e. The maximum absolute atomic E-state index is 9.59. The Labute approximate surface area is 121 Å². The lowest BCUT2D eigenvalue weighted by Crippen LogP contribution is -2.41. The summed E-state index contributed by atoms with van der Waals surface area (Å²) in [6, 6.07) is 4.25. The van der Waals surface area contributed by atoms with Gasteiger partial charge >= 0.3 is 7.12 Å². The molecular formula is C16H23BO3. The van der Waals surface area contributed by atoms with Crippen molar-refractivity contribution >= 4 is 12.6 Å². The first-order valence-electron chi connectivity index (χ1n) is 7.45. The summed E-state index contributed by atoms with van der Waals surface area (Å²) >= 11 is 0. The van der Waals surface area contributed by atoms with Crippen molar-refractivity contribution in [2.24, 2.45) is 0 Å². The van der Waals surface area contributed by atoms with Crippen molar-refractivity contribution in [2.45, 2.75) is 64.8 Å². The molecule has 108 valence electrons. The Bertz CT molecular complexity index is 521. The third-order valence-corrected chi connectivity index (χ3v) is 5.03. The molecule has 3 nitrogen and oxygen atoms in total. The normalized spacial score (nSPS) is 23.1. The van der Waals surface area contributed by atoms with Crippen molar-refractivity contribution in [1.29, 1.82) is 0 Å². The molecular weight excluding hydrogens is 251 g/mol. The molecule has 1 aliphatic carbocycles. The van der Waals surface area contributed by atoms with Gasteiger partial charge in [0.05, 0.1) is 17.8 Å². The molecule has 4 heteroatoms. The van der Waals surface area contributed by atoms with E-state index in [9.17, 15) is 5.11 Å². The van der Waals surface area contributed by atoms with E-state index in [1.165, 1.54) is 17.5 Å². The van der Waals surface area contributed by atoms with Crippen molar-refractivity contribution in [1.82, 2.24) is 0 Å². The third kappa shape index (κ3) is 2.10. The standard InChI is InChI=1S/C16H23BO3/c1-15(2)16(3,4)20-17(19-15)13-8-11-6-5-7-14(11)12(9-13)10-18/h8-9,18H,5-7,10H2,1-4H3. The molecule has 0 unspecified atom stereocenters. The van der Waals surface area contributed by atoms with Gasteiger partial charge in [-0.2, -0.15) is 0 Å². The molecule has 1 aliphatic heterocycles. The number of hydrogen-bond donors (Lipinski definition) is 1. The molecule has 3 rings (SSSR count). The molecule has 1 N–H and O–H groups in total. The topological polar surface area (TPSA) is 38.7 Å². The second kappa shape index (κ2) is 4.59. The van der Waals surface area contributed by atoms with Crippen LogP contribution in [0, 0.1) is 0 Å². The summed E-state index contributed by atoms with van der Waals surface area (Å²) in [5.41, 5.74) is 4.10. The summed E-state index contributed by atoms with van der Waals surface area (Å²) in [7, 11) is -0.337. The molecule has 1 saturated heterocycles. The van der Waals surface area contributed by atoms with Gasteiger partial charge in [-0.15, -0.1) is 0 Å². The molecule has 1 aromatic rings. The molecule has 0 bridgehead atoms. The zero-order valence-corrected chi connectivity index (χ0v) is 12.8. The number of aryl methyl sites for hydroxylation is 1. The number of aliphatic hydroxyl groups excluding tert-OH is 1. The average Bonchev–Trinajstić information content (AvgIpc) is 2.91. The Morgan fingerprint density at radius 2 is 1.75 bits per heavy atom. The van der Waals surface area contributed by atoms with Crippen LogP contribution in [0.3, 0.4) is 0 Å². The van der Waals surface area contributed by atoms with Gasteiger partial charge in [-0.05, 0) is 69.1 Å². The minimum absolute atomic E-state index is 0.0929. The van der Waals surface area contributed by atoms with Crippen LogP contribution in [0.5, 0.6) is 0 Å². The van der Waals surface area contributed by atoms with Gasteiger partial charge in [-0.3, -0.25) is 0 Å². The van der Waals surface area contributed by atoms with Gasteiger partial charge in [-0.25, -0.2) is 0 Å². The number of benzene rings is 1. The highest BCUT2D eigenvalue weighted by Crippen LogP contribution is 2.37. The summed E-state index contributed by atoms with van der Waals surface area (Å²) in [5.74, 6) is 0. The first-order chi connectivity index (χ1) is 9.34. The van der Waals surface area contributed by atoms with Crippen LogP contribution in [-0.4, -0.2) is 23.4 Å². The highest BCUT2D eigenvalue weighted by molar-refractivity contribution is 6.62. The van der Waals surface area contributed by atoms with E-state index in [1.807, 2.05) is 6.07 Å². The van der Waals surface area contributed by atoms with Crippen molar-refractivity contribution in [3.63, 3.8) is 0 Å². The quantitative estimate of drug-likeness (QED) is 0.838. The molecule has 0 radical (unpaired) electrons. The zero-order valence-electron chi connectivity index (χ0n) is 12.8. The number of rotatable bonds is 2. The number of fused-ring (bicyclic) bond motifs is 1. The van der Waals surface area contributed by atoms with Gasteiger partial charge in [0.2, 0.25) is 0 Å². The largest absolute Gasteiger partial charge is 0.494 e. The lowest BCUT2D eigenvalue weighted by molar-refractivity contribution is 0.00578. The van der Waals surface area contributed by atoms with Gasteiger partial charge < -0.3 is 14.4 Å². The summed E-state index contributed by atoms with van der Waals surface area (Å²) in [5, 5.41) is 9.59. The van der Waals surface area contributed by atoms with Crippen LogP contribution in [0.4, 0.5) is 0 Å². The zero-order chi connectivity index (χ0) is 14.5. The molecule has 0 spiro atoms. The second-order valence-electron chi connectivity index (χ2n) is 6.92. The molecule has 1 aromatic carbocycles. The van der Waals surface area contributed by atoms with E-state index in [0.717, 1.165) is 23.9 Å². The van der Waals surface area contributed by atoms with Gasteiger partial charge in [0.15, 0.2) is 0 Å². The minimum Gasteiger partial charge on any atom is -0.399 e. The highest BCUT2D eigenvalue weighted by atomic mass is 16.7. The maximum atomic E-state index is 9.59. The van der Waals surface area contributed by atoms with E-state index < -0.39 is 0 Å². The second-order valence-corrected chi connectivity index (χ2v) is 6.92. The lowest BCUT2D eigenvalue weighted by atomic mass is 9.76. The van der Waals surface area contributed by atoms with E-state index >= 15 is 0 Å². The Hall–Kier alpha value is -0.835. The van der Waals surface area contributed by atoms with Gasteiger partial charge in [0.1, 0.15) is 0 Å². The number of aliphatic hydroxyl groups is 1. The first kappa shape index (κ1) is 14.1. The van der Waals surface area contributed by atoms with Crippen LogP contribution in [0.25, 0.3) is 0 Å². The van der Waals surface area contributed by atoms with E-state index in [2.05, 4.69) is 33.8 Å². The molecule has 0 saturated carbocycles. The average molecular weight is 274 g/mol. The molecule has 0 amide bonds. The summed E-state index contributed by atoms with van der Waals surface area (Å²) in [6.07, 6.45) is 3.35. The van der Waals surface area contributed by atoms with Gasteiger partial charge in [0, 0.05) is 0 Å². The van der Waals surface area contributed by atoms with Crippen molar-refractivity contribution < 1.29 is 14.4 Å².